The highest BCUT2D eigenvalue weighted by atomic mass is 32.2. The van der Waals surface area contributed by atoms with Gasteiger partial charge in [0, 0.05) is 12.1 Å². The highest BCUT2D eigenvalue weighted by molar-refractivity contribution is 7.89. The number of primary sulfonamides is 1. The smallest absolute Gasteiger partial charge is 0.275 e. The standard InChI is InChI=1S/C18H22FN3O3S/c1-22(12-15-2-6-16(19)7-3-15)13-18(23)21-11-10-14-4-8-17(9-5-14)26(20,24)25/h2-9H,10-13H2,1H3,(H,21,23)(H2,20,24,25)/p+1. The number of halogens is 1. The van der Waals surface area contributed by atoms with Gasteiger partial charge in [0.05, 0.1) is 11.9 Å². The second-order valence-corrected chi connectivity index (χ2v) is 7.79. The molecule has 26 heavy (non-hydrogen) atoms. The molecule has 0 heterocycles. The van der Waals surface area contributed by atoms with Gasteiger partial charge in [-0.25, -0.2) is 17.9 Å². The monoisotopic (exact) mass is 380 g/mol. The molecule has 0 spiro atoms. The summed E-state index contributed by atoms with van der Waals surface area (Å²) in [5, 5.41) is 7.89. The molecule has 0 saturated heterocycles. The van der Waals surface area contributed by atoms with Crippen molar-refractivity contribution in [2.75, 3.05) is 20.1 Å². The zero-order chi connectivity index (χ0) is 19.2. The summed E-state index contributed by atoms with van der Waals surface area (Å²) < 4.78 is 35.3. The molecule has 0 fully saturated rings. The summed E-state index contributed by atoms with van der Waals surface area (Å²) in [5.41, 5.74) is 1.87. The fourth-order valence-electron chi connectivity index (χ4n) is 2.54. The largest absolute Gasteiger partial charge is 0.351 e. The topological polar surface area (TPSA) is 93.7 Å². The van der Waals surface area contributed by atoms with Crippen molar-refractivity contribution in [3.63, 3.8) is 0 Å². The average molecular weight is 380 g/mol. The molecular weight excluding hydrogens is 357 g/mol. The van der Waals surface area contributed by atoms with E-state index < -0.39 is 10.0 Å². The SMILES string of the molecule is C[NH+](CC(=O)NCCc1ccc(S(N)(=O)=O)cc1)Cc1ccc(F)cc1. The fraction of sp³-hybridized carbons (Fsp3) is 0.278. The van der Waals surface area contributed by atoms with Crippen molar-refractivity contribution in [1.82, 2.24) is 5.32 Å². The second-order valence-electron chi connectivity index (χ2n) is 6.23. The molecule has 2 rings (SSSR count). The Hall–Kier alpha value is -2.29. The molecule has 0 aliphatic carbocycles. The van der Waals surface area contributed by atoms with Crippen LogP contribution in [0.2, 0.25) is 0 Å². The Balaban J connectivity index is 1.73. The van der Waals surface area contributed by atoms with Crippen molar-refractivity contribution in [1.29, 1.82) is 0 Å². The van der Waals surface area contributed by atoms with Crippen molar-refractivity contribution >= 4 is 15.9 Å². The third-order valence-electron chi connectivity index (χ3n) is 3.87. The van der Waals surface area contributed by atoms with Crippen LogP contribution in [0.15, 0.2) is 53.4 Å². The first-order valence-corrected chi connectivity index (χ1v) is 9.73. The number of nitrogens with one attached hydrogen (secondary N) is 2. The lowest BCUT2D eigenvalue weighted by Crippen LogP contribution is -3.08. The molecule has 2 aromatic carbocycles. The van der Waals surface area contributed by atoms with E-state index in [9.17, 15) is 17.6 Å². The van der Waals surface area contributed by atoms with Gasteiger partial charge in [-0.05, 0) is 36.2 Å². The normalized spacial score (nSPS) is 12.6. The van der Waals surface area contributed by atoms with Gasteiger partial charge in [0.15, 0.2) is 6.54 Å². The van der Waals surface area contributed by atoms with Gasteiger partial charge in [0.25, 0.3) is 5.91 Å². The maximum absolute atomic E-state index is 12.9. The van der Waals surface area contributed by atoms with Crippen LogP contribution in [0.25, 0.3) is 0 Å². The Bertz CT molecular complexity index is 837. The molecular formula is C18H23FN3O3S+. The molecule has 8 heteroatoms. The minimum Gasteiger partial charge on any atom is -0.351 e. The Labute approximate surface area is 152 Å². The molecule has 0 saturated carbocycles. The number of amides is 1. The van der Waals surface area contributed by atoms with Crippen LogP contribution in [-0.4, -0.2) is 34.5 Å². The molecule has 1 amide bonds. The van der Waals surface area contributed by atoms with E-state index in [1.807, 2.05) is 7.05 Å². The van der Waals surface area contributed by atoms with E-state index in [2.05, 4.69) is 5.32 Å². The van der Waals surface area contributed by atoms with Crippen molar-refractivity contribution in [3.8, 4) is 0 Å². The maximum Gasteiger partial charge on any atom is 0.275 e. The minimum absolute atomic E-state index is 0.0660. The van der Waals surface area contributed by atoms with E-state index in [1.165, 1.54) is 24.3 Å². The fourth-order valence-corrected chi connectivity index (χ4v) is 3.06. The van der Waals surface area contributed by atoms with Crippen LogP contribution in [0.5, 0.6) is 0 Å². The number of hydrogen-bond donors (Lipinski definition) is 3. The Morgan fingerprint density at radius 3 is 2.23 bits per heavy atom. The van der Waals surface area contributed by atoms with E-state index in [4.69, 9.17) is 5.14 Å². The van der Waals surface area contributed by atoms with Gasteiger partial charge in [0.2, 0.25) is 10.0 Å². The lowest BCUT2D eigenvalue weighted by molar-refractivity contribution is -0.885. The molecule has 1 unspecified atom stereocenters. The summed E-state index contributed by atoms with van der Waals surface area (Å²) >= 11 is 0. The van der Waals surface area contributed by atoms with Crippen molar-refractivity contribution in [2.24, 2.45) is 5.14 Å². The second kappa shape index (κ2) is 8.88. The average Bonchev–Trinajstić information content (AvgIpc) is 2.56. The highest BCUT2D eigenvalue weighted by Crippen LogP contribution is 2.08. The lowest BCUT2D eigenvalue weighted by Gasteiger charge is -2.14. The van der Waals surface area contributed by atoms with E-state index in [0.29, 0.717) is 26.1 Å². The van der Waals surface area contributed by atoms with Crippen molar-refractivity contribution in [2.45, 2.75) is 17.9 Å². The minimum atomic E-state index is -3.69. The molecule has 0 radical (unpaired) electrons. The van der Waals surface area contributed by atoms with Crippen LogP contribution in [-0.2, 0) is 27.8 Å². The number of likely N-dealkylation sites (N-methyl/N-ethyl adjacent to an activating group) is 1. The van der Waals surface area contributed by atoms with Gasteiger partial charge >= 0.3 is 0 Å². The molecule has 6 nitrogen and oxygen atoms in total. The Kier molecular flexibility index (Phi) is 6.84. The number of rotatable bonds is 8. The first kappa shape index (κ1) is 20.0. The predicted octanol–water partition coefficient (Wildman–Crippen LogP) is -0.153. The number of quaternary nitrogens is 1. The van der Waals surface area contributed by atoms with Gasteiger partial charge in [-0.3, -0.25) is 4.79 Å². The van der Waals surface area contributed by atoms with E-state index in [-0.39, 0.29) is 16.6 Å². The van der Waals surface area contributed by atoms with Gasteiger partial charge in [-0.15, -0.1) is 0 Å². The van der Waals surface area contributed by atoms with Crippen molar-refractivity contribution < 1.29 is 22.5 Å². The van der Waals surface area contributed by atoms with Crippen LogP contribution >= 0.6 is 0 Å². The van der Waals surface area contributed by atoms with E-state index in [1.54, 1.807) is 24.3 Å². The molecule has 0 aromatic heterocycles. The zero-order valence-electron chi connectivity index (χ0n) is 14.5. The summed E-state index contributed by atoms with van der Waals surface area (Å²) in [5.74, 6) is -0.355. The number of benzene rings is 2. The first-order valence-electron chi connectivity index (χ1n) is 8.18. The molecule has 0 aliphatic rings. The third-order valence-corrected chi connectivity index (χ3v) is 4.80. The number of carbonyl (C=O) groups is 1. The highest BCUT2D eigenvalue weighted by Gasteiger charge is 2.11. The molecule has 140 valence electrons. The first-order chi connectivity index (χ1) is 12.2. The lowest BCUT2D eigenvalue weighted by atomic mass is 10.1. The molecule has 2 aromatic rings. The number of hydrogen-bond acceptors (Lipinski definition) is 3. The van der Waals surface area contributed by atoms with Crippen LogP contribution in [0.1, 0.15) is 11.1 Å². The van der Waals surface area contributed by atoms with E-state index in [0.717, 1.165) is 16.0 Å². The zero-order valence-corrected chi connectivity index (χ0v) is 15.4. The maximum atomic E-state index is 12.9. The van der Waals surface area contributed by atoms with Gasteiger partial charge in [-0.1, -0.05) is 24.3 Å². The summed E-state index contributed by atoms with van der Waals surface area (Å²) in [4.78, 5) is 13.0. The van der Waals surface area contributed by atoms with Gasteiger partial charge < -0.3 is 10.2 Å². The van der Waals surface area contributed by atoms with Crippen molar-refractivity contribution in [3.05, 3.63) is 65.5 Å². The van der Waals surface area contributed by atoms with Crippen LogP contribution in [0.4, 0.5) is 4.39 Å². The van der Waals surface area contributed by atoms with Crippen LogP contribution in [0.3, 0.4) is 0 Å². The Morgan fingerprint density at radius 2 is 1.65 bits per heavy atom. The predicted molar refractivity (Wildman–Crippen MR) is 96.4 cm³/mol. The molecule has 4 N–H and O–H groups in total. The van der Waals surface area contributed by atoms with Gasteiger partial charge in [0.1, 0.15) is 12.4 Å². The van der Waals surface area contributed by atoms with E-state index >= 15 is 0 Å². The number of carbonyl (C=O) groups excluding carboxylic acids is 1. The summed E-state index contributed by atoms with van der Waals surface area (Å²) in [6.07, 6.45) is 0.591. The third kappa shape index (κ3) is 6.55. The van der Waals surface area contributed by atoms with Gasteiger partial charge in [-0.2, -0.15) is 0 Å². The van der Waals surface area contributed by atoms with Crippen LogP contribution in [0, 0.1) is 5.82 Å². The molecule has 0 aliphatic heterocycles. The summed E-state index contributed by atoms with van der Waals surface area (Å²) in [6.45, 7) is 1.39. The quantitative estimate of drug-likeness (QED) is 0.594. The molecule has 0 bridgehead atoms. The Morgan fingerprint density at radius 1 is 1.08 bits per heavy atom. The summed E-state index contributed by atoms with van der Waals surface area (Å²) in [7, 11) is -1.79. The number of sulfonamides is 1. The summed E-state index contributed by atoms with van der Waals surface area (Å²) in [6, 6.07) is 12.5. The van der Waals surface area contributed by atoms with Crippen LogP contribution < -0.4 is 15.4 Å². The molecule has 1 atom stereocenters. The number of nitrogens with two attached hydrogens (primary N) is 1.